The lowest BCUT2D eigenvalue weighted by Crippen LogP contribution is -2.40. The van der Waals surface area contributed by atoms with Gasteiger partial charge in [0.2, 0.25) is 0 Å². The van der Waals surface area contributed by atoms with Crippen molar-refractivity contribution in [1.82, 2.24) is 10.3 Å². The molecular weight excluding hydrogens is 279 g/mol. The van der Waals surface area contributed by atoms with Gasteiger partial charge in [-0.1, -0.05) is 36.5 Å². The van der Waals surface area contributed by atoms with Crippen molar-refractivity contribution in [3.63, 3.8) is 0 Å². The van der Waals surface area contributed by atoms with E-state index in [1.807, 2.05) is 6.92 Å². The molecule has 0 aliphatic heterocycles. The molecule has 0 aliphatic rings. The average molecular weight is 291 g/mol. The van der Waals surface area contributed by atoms with Crippen LogP contribution in [0.1, 0.15) is 30.1 Å². The zero-order chi connectivity index (χ0) is 13.7. The molecule has 0 aromatic carbocycles. The van der Waals surface area contributed by atoms with Crippen LogP contribution in [0.2, 0.25) is 10.2 Å². The first-order valence-corrected chi connectivity index (χ1v) is 6.06. The predicted molar refractivity (Wildman–Crippen MR) is 68.1 cm³/mol. The molecule has 0 bridgehead atoms. The van der Waals surface area contributed by atoms with Crippen LogP contribution in [0, 0.1) is 0 Å². The summed E-state index contributed by atoms with van der Waals surface area (Å²) in [5.41, 5.74) is 0.110. The van der Waals surface area contributed by atoms with Gasteiger partial charge in [0, 0.05) is 6.20 Å². The standard InChI is InChI=1S/C11H12Cl2N2O3/c1-2-3-8(11(17)18)15-10(16)6-4-9(13)14-5-7(6)12/h4-5,8H,2-3H2,1H3,(H,15,16)(H,17,18)/t8-/m1/s1. The molecule has 1 aromatic rings. The van der Waals surface area contributed by atoms with E-state index in [0.29, 0.717) is 12.8 Å². The minimum atomic E-state index is -1.08. The minimum absolute atomic E-state index is 0.110. The molecule has 0 spiro atoms. The number of carboxylic acids is 1. The third-order valence-electron chi connectivity index (χ3n) is 2.25. The highest BCUT2D eigenvalue weighted by Crippen LogP contribution is 2.18. The lowest BCUT2D eigenvalue weighted by Gasteiger charge is -2.14. The molecule has 1 amide bonds. The fourth-order valence-corrected chi connectivity index (χ4v) is 1.72. The first kappa shape index (κ1) is 14.7. The molecule has 7 heteroatoms. The Hall–Kier alpha value is -1.33. The molecule has 1 aromatic heterocycles. The number of nitrogens with one attached hydrogen (secondary N) is 1. The monoisotopic (exact) mass is 290 g/mol. The van der Waals surface area contributed by atoms with E-state index < -0.39 is 17.9 Å². The number of carbonyl (C=O) groups excluding carboxylic acids is 1. The number of rotatable bonds is 5. The van der Waals surface area contributed by atoms with Gasteiger partial charge in [-0.05, 0) is 12.5 Å². The summed E-state index contributed by atoms with van der Waals surface area (Å²) in [6.07, 6.45) is 2.23. The fraction of sp³-hybridized carbons (Fsp3) is 0.364. The molecule has 0 radical (unpaired) electrons. The highest BCUT2D eigenvalue weighted by atomic mass is 35.5. The molecule has 0 saturated heterocycles. The Bertz CT molecular complexity index is 466. The van der Waals surface area contributed by atoms with Gasteiger partial charge in [0.25, 0.3) is 5.91 Å². The molecule has 0 unspecified atom stereocenters. The smallest absolute Gasteiger partial charge is 0.326 e. The van der Waals surface area contributed by atoms with Crippen LogP contribution >= 0.6 is 23.2 Å². The number of aliphatic carboxylic acids is 1. The van der Waals surface area contributed by atoms with Gasteiger partial charge in [0.15, 0.2) is 0 Å². The lowest BCUT2D eigenvalue weighted by molar-refractivity contribution is -0.139. The zero-order valence-corrected chi connectivity index (χ0v) is 11.1. The van der Waals surface area contributed by atoms with Crippen LogP contribution in [0.15, 0.2) is 12.3 Å². The van der Waals surface area contributed by atoms with E-state index in [9.17, 15) is 9.59 Å². The second-order valence-corrected chi connectivity index (χ2v) is 4.43. The third-order valence-corrected chi connectivity index (χ3v) is 2.76. The van der Waals surface area contributed by atoms with Gasteiger partial charge in [0.1, 0.15) is 11.2 Å². The summed E-state index contributed by atoms with van der Waals surface area (Å²) in [5.74, 6) is -1.66. The average Bonchev–Trinajstić information content (AvgIpc) is 2.31. The van der Waals surface area contributed by atoms with E-state index in [4.69, 9.17) is 28.3 Å². The van der Waals surface area contributed by atoms with Crippen LogP contribution < -0.4 is 5.32 Å². The van der Waals surface area contributed by atoms with E-state index in [1.165, 1.54) is 12.3 Å². The predicted octanol–water partition coefficient (Wildman–Crippen LogP) is 2.37. The molecular formula is C11H12Cl2N2O3. The van der Waals surface area contributed by atoms with Gasteiger partial charge >= 0.3 is 5.97 Å². The number of hydrogen-bond donors (Lipinski definition) is 2. The molecule has 1 rings (SSSR count). The summed E-state index contributed by atoms with van der Waals surface area (Å²) in [7, 11) is 0. The summed E-state index contributed by atoms with van der Waals surface area (Å²) in [5, 5.41) is 11.6. The third kappa shape index (κ3) is 3.85. The molecule has 5 nitrogen and oxygen atoms in total. The number of carboxylic acid groups (broad SMARTS) is 1. The number of nitrogens with zero attached hydrogens (tertiary/aromatic N) is 1. The molecule has 2 N–H and O–H groups in total. The number of pyridine rings is 1. The van der Waals surface area contributed by atoms with Crippen molar-refractivity contribution in [3.05, 3.63) is 28.0 Å². The number of amides is 1. The van der Waals surface area contributed by atoms with Crippen molar-refractivity contribution >= 4 is 35.1 Å². The van der Waals surface area contributed by atoms with Gasteiger partial charge in [-0.2, -0.15) is 0 Å². The molecule has 0 aliphatic carbocycles. The van der Waals surface area contributed by atoms with Crippen LogP contribution in [0.3, 0.4) is 0 Å². The highest BCUT2D eigenvalue weighted by molar-refractivity contribution is 6.35. The Balaban J connectivity index is 2.86. The van der Waals surface area contributed by atoms with E-state index in [1.54, 1.807) is 0 Å². The Morgan fingerprint density at radius 2 is 2.17 bits per heavy atom. The van der Waals surface area contributed by atoms with Crippen LogP contribution in [-0.2, 0) is 4.79 Å². The van der Waals surface area contributed by atoms with E-state index in [0.717, 1.165) is 0 Å². The first-order chi connectivity index (χ1) is 8.45. The molecule has 18 heavy (non-hydrogen) atoms. The maximum atomic E-state index is 11.9. The van der Waals surface area contributed by atoms with E-state index in [-0.39, 0.29) is 15.7 Å². The van der Waals surface area contributed by atoms with Gasteiger partial charge in [0.05, 0.1) is 10.6 Å². The van der Waals surface area contributed by atoms with Gasteiger partial charge < -0.3 is 10.4 Å². The van der Waals surface area contributed by atoms with Crippen LogP contribution in [0.5, 0.6) is 0 Å². The molecule has 0 saturated carbocycles. The van der Waals surface area contributed by atoms with E-state index in [2.05, 4.69) is 10.3 Å². The molecule has 1 atom stereocenters. The van der Waals surface area contributed by atoms with Crippen LogP contribution in [-0.4, -0.2) is 28.0 Å². The van der Waals surface area contributed by atoms with E-state index >= 15 is 0 Å². The maximum absolute atomic E-state index is 11.9. The highest BCUT2D eigenvalue weighted by Gasteiger charge is 2.21. The molecule has 0 fully saturated rings. The van der Waals surface area contributed by atoms with Crippen LogP contribution in [0.25, 0.3) is 0 Å². The lowest BCUT2D eigenvalue weighted by atomic mass is 10.1. The second kappa shape index (κ2) is 6.56. The first-order valence-electron chi connectivity index (χ1n) is 5.30. The normalized spacial score (nSPS) is 11.9. The van der Waals surface area contributed by atoms with Crippen molar-refractivity contribution in [2.45, 2.75) is 25.8 Å². The maximum Gasteiger partial charge on any atom is 0.326 e. The Morgan fingerprint density at radius 1 is 1.50 bits per heavy atom. The summed E-state index contributed by atoms with van der Waals surface area (Å²) in [6, 6.07) is 0.356. The van der Waals surface area contributed by atoms with Crippen molar-refractivity contribution in [1.29, 1.82) is 0 Å². The number of aromatic nitrogens is 1. The van der Waals surface area contributed by atoms with Gasteiger partial charge in [-0.25, -0.2) is 9.78 Å². The Kier molecular flexibility index (Phi) is 5.37. The Morgan fingerprint density at radius 3 is 2.72 bits per heavy atom. The number of carbonyl (C=O) groups is 2. The summed E-state index contributed by atoms with van der Waals surface area (Å²) in [4.78, 5) is 26.5. The van der Waals surface area contributed by atoms with Gasteiger partial charge in [-0.15, -0.1) is 0 Å². The van der Waals surface area contributed by atoms with Crippen LogP contribution in [0.4, 0.5) is 0 Å². The minimum Gasteiger partial charge on any atom is -0.480 e. The zero-order valence-electron chi connectivity index (χ0n) is 9.61. The number of halogens is 2. The number of hydrogen-bond acceptors (Lipinski definition) is 3. The van der Waals surface area contributed by atoms with Crippen molar-refractivity contribution in [2.24, 2.45) is 0 Å². The molecule has 1 heterocycles. The second-order valence-electron chi connectivity index (χ2n) is 3.64. The fourth-order valence-electron chi connectivity index (χ4n) is 1.37. The quantitative estimate of drug-likeness (QED) is 0.816. The SMILES string of the molecule is CCC[C@@H](NC(=O)c1cc(Cl)ncc1Cl)C(=O)O. The summed E-state index contributed by atoms with van der Waals surface area (Å²) >= 11 is 11.5. The molecule has 98 valence electrons. The van der Waals surface area contributed by atoms with Crippen molar-refractivity contribution < 1.29 is 14.7 Å². The van der Waals surface area contributed by atoms with Gasteiger partial charge in [-0.3, -0.25) is 4.79 Å². The topological polar surface area (TPSA) is 79.3 Å². The summed E-state index contributed by atoms with van der Waals surface area (Å²) in [6.45, 7) is 1.83. The van der Waals surface area contributed by atoms with Crippen molar-refractivity contribution in [2.75, 3.05) is 0 Å². The Labute approximate surface area is 114 Å². The summed E-state index contributed by atoms with van der Waals surface area (Å²) < 4.78 is 0. The largest absolute Gasteiger partial charge is 0.480 e. The van der Waals surface area contributed by atoms with Crippen molar-refractivity contribution in [3.8, 4) is 0 Å².